The lowest BCUT2D eigenvalue weighted by Crippen LogP contribution is -2.40. The maximum atomic E-state index is 12.8. The van der Waals surface area contributed by atoms with Gasteiger partial charge in [0.05, 0.1) is 17.5 Å². The summed E-state index contributed by atoms with van der Waals surface area (Å²) in [4.78, 5) is 48.0. The van der Waals surface area contributed by atoms with Crippen molar-refractivity contribution in [2.24, 2.45) is 34.8 Å². The van der Waals surface area contributed by atoms with E-state index < -0.39 is 0 Å². The normalized spacial score (nSPS) is 22.1. The number of aliphatic imine (C=N–C) groups is 2. The molecule has 8 heteroatoms. The largest absolute Gasteiger partial charge is 0.343 e. The van der Waals surface area contributed by atoms with Crippen LogP contribution in [-0.4, -0.2) is 56.9 Å². The van der Waals surface area contributed by atoms with Crippen LogP contribution in [0.25, 0.3) is 0 Å². The van der Waals surface area contributed by atoms with Gasteiger partial charge in [-0.15, -0.1) is 0 Å². The monoisotopic (exact) mass is 421 g/mol. The van der Waals surface area contributed by atoms with Gasteiger partial charge in [-0.25, -0.2) is 4.99 Å². The van der Waals surface area contributed by atoms with E-state index >= 15 is 0 Å². The maximum absolute atomic E-state index is 12.8. The van der Waals surface area contributed by atoms with Gasteiger partial charge in [0.1, 0.15) is 11.8 Å². The van der Waals surface area contributed by atoms with E-state index in [9.17, 15) is 14.4 Å². The summed E-state index contributed by atoms with van der Waals surface area (Å²) < 4.78 is 1.63. The molecule has 1 unspecified atom stereocenters. The minimum absolute atomic E-state index is 0.0258. The summed E-state index contributed by atoms with van der Waals surface area (Å²) >= 11 is 0. The number of hydrogen-bond acceptors (Lipinski definition) is 5. The summed E-state index contributed by atoms with van der Waals surface area (Å²) in [6.07, 6.45) is 12.9. The third kappa shape index (κ3) is 4.78. The molecule has 1 fully saturated rings. The van der Waals surface area contributed by atoms with E-state index in [1.165, 1.54) is 0 Å². The van der Waals surface area contributed by atoms with E-state index in [1.807, 2.05) is 30.1 Å². The third-order valence-electron chi connectivity index (χ3n) is 6.03. The average Bonchev–Trinajstić information content (AvgIpc) is 3.19. The highest BCUT2D eigenvalue weighted by molar-refractivity contribution is 6.21. The fraction of sp³-hybridized carbons (Fsp3) is 0.478. The average molecular weight is 422 g/mol. The molecule has 8 nitrogen and oxygen atoms in total. The molecule has 2 aliphatic heterocycles. The Morgan fingerprint density at radius 2 is 1.97 bits per heavy atom. The molecular formula is C23H27N5O3. The number of carbonyl (C=O) groups is 3. The minimum atomic E-state index is -0.374. The van der Waals surface area contributed by atoms with Crippen LogP contribution in [0.1, 0.15) is 43.0 Å². The number of aromatic nitrogens is 2. The van der Waals surface area contributed by atoms with Gasteiger partial charge in [-0.1, -0.05) is 25.2 Å². The Balaban J connectivity index is 1.27. The topological polar surface area (TPSA) is 97.0 Å². The first-order valence-corrected chi connectivity index (χ1v) is 10.8. The van der Waals surface area contributed by atoms with Crippen molar-refractivity contribution < 1.29 is 14.4 Å². The number of carbonyl (C=O) groups excluding carboxylic acids is 3. The van der Waals surface area contributed by atoms with Gasteiger partial charge in [-0.05, 0) is 24.8 Å². The molecule has 2 amide bonds. The van der Waals surface area contributed by atoms with Gasteiger partial charge in [-0.2, -0.15) is 10.1 Å². The Labute approximate surface area is 181 Å². The highest BCUT2D eigenvalue weighted by atomic mass is 16.2. The lowest BCUT2D eigenvalue weighted by molar-refractivity contribution is -0.133. The van der Waals surface area contributed by atoms with Crippen molar-refractivity contribution in [3.63, 3.8) is 0 Å². The lowest BCUT2D eigenvalue weighted by atomic mass is 9.89. The number of ketones is 1. The Hall–Kier alpha value is -3.16. The molecule has 1 aliphatic carbocycles. The summed E-state index contributed by atoms with van der Waals surface area (Å²) in [6, 6.07) is 0. The highest BCUT2D eigenvalue weighted by Crippen LogP contribution is 2.24. The van der Waals surface area contributed by atoms with Crippen molar-refractivity contribution in [3.05, 3.63) is 42.3 Å². The standard InChI is InChI=1S/C23H27N5O3/c1-15(11-20-25-19-6-4-3-5-18(19)23(31)26-20)12-21(29)28-9-7-16(8-10-28)22(30)17-13-24-27(2)14-17/h3-6,13-16,18H,7-12H2,1-2H3/t15-,18?/m1/s1. The van der Waals surface area contributed by atoms with Crippen LogP contribution in [0.5, 0.6) is 0 Å². The number of Topliss-reactive ketones (excluding diaryl/α,β-unsaturated/α-hetero) is 1. The quantitative estimate of drug-likeness (QED) is 0.659. The molecule has 0 bridgehead atoms. The SMILES string of the molecule is C[C@@H](CC(=O)N1CCC(C(=O)c2cnn(C)c2)CC1)CC1=NC(=O)C2C=CC=CC2=N1. The van der Waals surface area contributed by atoms with Crippen molar-refractivity contribution >= 4 is 29.1 Å². The van der Waals surface area contributed by atoms with E-state index in [4.69, 9.17) is 0 Å². The van der Waals surface area contributed by atoms with Crippen molar-refractivity contribution in [3.8, 4) is 0 Å². The predicted molar refractivity (Wildman–Crippen MR) is 117 cm³/mol. The van der Waals surface area contributed by atoms with Crippen LogP contribution in [0.2, 0.25) is 0 Å². The van der Waals surface area contributed by atoms with E-state index in [-0.39, 0.29) is 35.4 Å². The van der Waals surface area contributed by atoms with Crippen molar-refractivity contribution in [1.29, 1.82) is 0 Å². The molecule has 0 aromatic carbocycles. The molecule has 4 rings (SSSR count). The Kier molecular flexibility index (Phi) is 6.06. The Bertz CT molecular complexity index is 1010. The number of aryl methyl sites for hydroxylation is 1. The number of fused-ring (bicyclic) bond motifs is 1. The first kappa shape index (κ1) is 21.1. The van der Waals surface area contributed by atoms with Crippen LogP contribution in [0.15, 0.2) is 46.7 Å². The van der Waals surface area contributed by atoms with Gasteiger partial charge >= 0.3 is 0 Å². The van der Waals surface area contributed by atoms with Gasteiger partial charge in [0, 0.05) is 45.1 Å². The van der Waals surface area contributed by atoms with Crippen molar-refractivity contribution in [2.75, 3.05) is 13.1 Å². The van der Waals surface area contributed by atoms with Crippen LogP contribution in [0.4, 0.5) is 0 Å². The number of amides is 2. The summed E-state index contributed by atoms with van der Waals surface area (Å²) in [5.74, 6) is 0.0803. The molecule has 0 spiro atoms. The molecule has 3 aliphatic rings. The highest BCUT2D eigenvalue weighted by Gasteiger charge is 2.30. The van der Waals surface area contributed by atoms with Gasteiger partial charge in [0.15, 0.2) is 5.78 Å². The van der Waals surface area contributed by atoms with Crippen LogP contribution < -0.4 is 0 Å². The van der Waals surface area contributed by atoms with Crippen LogP contribution in [0, 0.1) is 17.8 Å². The molecule has 2 atom stereocenters. The molecule has 1 aromatic heterocycles. The van der Waals surface area contributed by atoms with E-state index in [1.54, 1.807) is 30.2 Å². The van der Waals surface area contributed by atoms with Gasteiger partial charge in [-0.3, -0.25) is 19.1 Å². The molecule has 0 saturated carbocycles. The van der Waals surface area contributed by atoms with Crippen molar-refractivity contribution in [1.82, 2.24) is 14.7 Å². The Morgan fingerprint density at radius 3 is 2.68 bits per heavy atom. The van der Waals surface area contributed by atoms with E-state index in [0.29, 0.717) is 50.2 Å². The maximum Gasteiger partial charge on any atom is 0.260 e. The smallest absolute Gasteiger partial charge is 0.260 e. The molecular weight excluding hydrogens is 394 g/mol. The second-order valence-corrected chi connectivity index (χ2v) is 8.56. The van der Waals surface area contributed by atoms with Gasteiger partial charge in [0.2, 0.25) is 5.91 Å². The lowest BCUT2D eigenvalue weighted by Gasteiger charge is -2.32. The number of piperidine rings is 1. The van der Waals surface area contributed by atoms with Crippen molar-refractivity contribution in [2.45, 2.75) is 32.6 Å². The number of allylic oxidation sites excluding steroid dienone is 3. The van der Waals surface area contributed by atoms with E-state index in [2.05, 4.69) is 15.1 Å². The number of likely N-dealkylation sites (tertiary alicyclic amines) is 1. The molecule has 162 valence electrons. The molecule has 31 heavy (non-hydrogen) atoms. The zero-order valence-corrected chi connectivity index (χ0v) is 17.9. The Morgan fingerprint density at radius 1 is 1.19 bits per heavy atom. The second kappa shape index (κ2) is 8.91. The van der Waals surface area contributed by atoms with Crippen LogP contribution >= 0.6 is 0 Å². The number of hydrogen-bond donors (Lipinski definition) is 0. The zero-order valence-electron chi connectivity index (χ0n) is 17.9. The molecule has 1 aromatic rings. The summed E-state index contributed by atoms with van der Waals surface area (Å²) in [5.41, 5.74) is 1.35. The number of rotatable bonds is 6. The molecule has 1 saturated heterocycles. The summed E-state index contributed by atoms with van der Waals surface area (Å²) in [5, 5.41) is 4.07. The first-order valence-electron chi connectivity index (χ1n) is 10.8. The molecule has 0 N–H and O–H groups in total. The second-order valence-electron chi connectivity index (χ2n) is 8.56. The first-order chi connectivity index (χ1) is 14.9. The van der Waals surface area contributed by atoms with Gasteiger partial charge in [0.25, 0.3) is 5.91 Å². The number of nitrogens with zero attached hydrogens (tertiary/aromatic N) is 5. The molecule has 0 radical (unpaired) electrons. The summed E-state index contributed by atoms with van der Waals surface area (Å²) in [7, 11) is 1.79. The fourth-order valence-corrected chi connectivity index (χ4v) is 4.30. The third-order valence-corrected chi connectivity index (χ3v) is 6.03. The van der Waals surface area contributed by atoms with E-state index in [0.717, 1.165) is 5.71 Å². The summed E-state index contributed by atoms with van der Waals surface area (Å²) in [6.45, 7) is 3.15. The predicted octanol–water partition coefficient (Wildman–Crippen LogP) is 2.38. The van der Waals surface area contributed by atoms with Crippen LogP contribution in [0.3, 0.4) is 0 Å². The minimum Gasteiger partial charge on any atom is -0.343 e. The van der Waals surface area contributed by atoms with Gasteiger partial charge < -0.3 is 4.90 Å². The zero-order chi connectivity index (χ0) is 22.0. The van der Waals surface area contributed by atoms with Crippen LogP contribution in [-0.2, 0) is 16.6 Å². The molecule has 3 heterocycles. The fourth-order valence-electron chi connectivity index (χ4n) is 4.30. The number of amidine groups is 1.